The van der Waals surface area contributed by atoms with Gasteiger partial charge in [-0.05, 0) is 35.7 Å². The van der Waals surface area contributed by atoms with Crippen molar-refractivity contribution in [1.82, 2.24) is 4.57 Å². The molecule has 0 aliphatic carbocycles. The Morgan fingerprint density at radius 2 is 1.69 bits per heavy atom. The summed E-state index contributed by atoms with van der Waals surface area (Å²) in [5.41, 5.74) is 1.33. The molecular formula is C21H19NO4. The standard InChI is InChI=1S/C21H19NO4/c23-20-18(21(24)25)10-6-13-22(20)14-12-17-9-4-5-11-19(17)26-15-16-7-2-1-3-8-16/h1-11,13H,12,14-15H2,(H,24,25). The molecule has 1 N–H and O–H groups in total. The van der Waals surface area contributed by atoms with Gasteiger partial charge in [-0.15, -0.1) is 0 Å². The molecule has 1 aromatic heterocycles. The first-order valence-corrected chi connectivity index (χ1v) is 8.32. The number of aromatic nitrogens is 1. The summed E-state index contributed by atoms with van der Waals surface area (Å²) in [6, 6.07) is 20.4. The molecule has 3 aromatic rings. The summed E-state index contributed by atoms with van der Waals surface area (Å²) >= 11 is 0. The van der Waals surface area contributed by atoms with Gasteiger partial charge >= 0.3 is 5.97 Å². The van der Waals surface area contributed by atoms with Crippen molar-refractivity contribution >= 4 is 5.97 Å². The number of ether oxygens (including phenoxy) is 1. The van der Waals surface area contributed by atoms with Gasteiger partial charge in [0.25, 0.3) is 5.56 Å². The molecule has 3 rings (SSSR count). The third-order valence-electron chi connectivity index (χ3n) is 4.08. The lowest BCUT2D eigenvalue weighted by atomic mass is 10.1. The average Bonchev–Trinajstić information content (AvgIpc) is 2.67. The lowest BCUT2D eigenvalue weighted by molar-refractivity contribution is 0.0694. The monoisotopic (exact) mass is 349 g/mol. The number of para-hydroxylation sites is 1. The van der Waals surface area contributed by atoms with Crippen LogP contribution in [0, 0.1) is 0 Å². The van der Waals surface area contributed by atoms with E-state index in [1.165, 1.54) is 10.6 Å². The molecule has 0 radical (unpaired) electrons. The number of nitrogens with zero attached hydrogens (tertiary/aromatic N) is 1. The van der Waals surface area contributed by atoms with Crippen molar-refractivity contribution in [2.24, 2.45) is 0 Å². The minimum atomic E-state index is -1.21. The molecule has 1 heterocycles. The first-order chi connectivity index (χ1) is 12.6. The van der Waals surface area contributed by atoms with Crippen molar-refractivity contribution in [2.45, 2.75) is 19.6 Å². The van der Waals surface area contributed by atoms with E-state index in [-0.39, 0.29) is 5.56 Å². The van der Waals surface area contributed by atoms with E-state index < -0.39 is 11.5 Å². The zero-order valence-corrected chi connectivity index (χ0v) is 14.2. The summed E-state index contributed by atoms with van der Waals surface area (Å²) in [5.74, 6) is -0.449. The molecule has 26 heavy (non-hydrogen) atoms. The molecule has 5 nitrogen and oxygen atoms in total. The van der Waals surface area contributed by atoms with E-state index in [0.29, 0.717) is 19.6 Å². The molecule has 0 atom stereocenters. The smallest absolute Gasteiger partial charge is 0.341 e. The highest BCUT2D eigenvalue weighted by atomic mass is 16.5. The van der Waals surface area contributed by atoms with E-state index in [4.69, 9.17) is 9.84 Å². The Morgan fingerprint density at radius 3 is 2.46 bits per heavy atom. The highest BCUT2D eigenvalue weighted by molar-refractivity contribution is 5.86. The van der Waals surface area contributed by atoms with E-state index in [2.05, 4.69) is 0 Å². The van der Waals surface area contributed by atoms with Gasteiger partial charge in [-0.2, -0.15) is 0 Å². The highest BCUT2D eigenvalue weighted by Crippen LogP contribution is 2.20. The lowest BCUT2D eigenvalue weighted by Crippen LogP contribution is -2.26. The van der Waals surface area contributed by atoms with Crippen molar-refractivity contribution in [3.8, 4) is 5.75 Å². The Morgan fingerprint density at radius 1 is 0.962 bits per heavy atom. The Balaban J connectivity index is 1.72. The molecule has 0 unspecified atom stereocenters. The third-order valence-corrected chi connectivity index (χ3v) is 4.08. The van der Waals surface area contributed by atoms with Crippen LogP contribution in [0.1, 0.15) is 21.5 Å². The Kier molecular flexibility index (Phi) is 5.49. The first-order valence-electron chi connectivity index (χ1n) is 8.32. The predicted octanol–water partition coefficient (Wildman–Crippen LogP) is 3.37. The maximum Gasteiger partial charge on any atom is 0.341 e. The molecule has 5 heteroatoms. The average molecular weight is 349 g/mol. The fraction of sp³-hybridized carbons (Fsp3) is 0.143. The molecule has 132 valence electrons. The maximum atomic E-state index is 12.2. The molecule has 0 spiro atoms. The van der Waals surface area contributed by atoms with Crippen molar-refractivity contribution in [2.75, 3.05) is 0 Å². The van der Waals surface area contributed by atoms with Crippen molar-refractivity contribution in [3.63, 3.8) is 0 Å². The topological polar surface area (TPSA) is 68.5 Å². The predicted molar refractivity (Wildman–Crippen MR) is 98.6 cm³/mol. The van der Waals surface area contributed by atoms with E-state index in [0.717, 1.165) is 16.9 Å². The lowest BCUT2D eigenvalue weighted by Gasteiger charge is -2.12. The Labute approximate surface area is 151 Å². The summed E-state index contributed by atoms with van der Waals surface area (Å²) < 4.78 is 7.34. The van der Waals surface area contributed by atoms with Crippen LogP contribution in [0.25, 0.3) is 0 Å². The highest BCUT2D eigenvalue weighted by Gasteiger charge is 2.11. The number of aromatic carboxylic acids is 1. The molecule has 0 saturated carbocycles. The second-order valence-electron chi connectivity index (χ2n) is 5.86. The van der Waals surface area contributed by atoms with Gasteiger partial charge in [0.05, 0.1) is 0 Å². The van der Waals surface area contributed by atoms with E-state index in [1.54, 1.807) is 12.3 Å². The van der Waals surface area contributed by atoms with Gasteiger partial charge in [-0.25, -0.2) is 4.79 Å². The number of aryl methyl sites for hydroxylation is 2. The van der Waals surface area contributed by atoms with Crippen LogP contribution in [0.5, 0.6) is 5.75 Å². The zero-order chi connectivity index (χ0) is 18.4. The Hall–Kier alpha value is -3.34. The molecule has 0 saturated heterocycles. The van der Waals surface area contributed by atoms with E-state index in [1.807, 2.05) is 54.6 Å². The van der Waals surface area contributed by atoms with Crippen LogP contribution in [-0.2, 0) is 19.6 Å². The molecule has 0 aliphatic heterocycles. The summed E-state index contributed by atoms with van der Waals surface area (Å²) in [6.45, 7) is 0.845. The first kappa shape index (κ1) is 17.5. The van der Waals surface area contributed by atoms with Crippen LogP contribution in [0.3, 0.4) is 0 Å². The molecule has 0 amide bonds. The van der Waals surface area contributed by atoms with Gasteiger partial charge in [0.15, 0.2) is 0 Å². The number of benzene rings is 2. The van der Waals surface area contributed by atoms with Crippen LogP contribution in [0.15, 0.2) is 77.7 Å². The van der Waals surface area contributed by atoms with Crippen LogP contribution in [0.4, 0.5) is 0 Å². The van der Waals surface area contributed by atoms with Gasteiger partial charge in [0.1, 0.15) is 17.9 Å². The summed E-state index contributed by atoms with van der Waals surface area (Å²) in [6.07, 6.45) is 2.16. The molecule has 0 fully saturated rings. The SMILES string of the molecule is O=C(O)c1cccn(CCc2ccccc2OCc2ccccc2)c1=O. The van der Waals surface area contributed by atoms with E-state index >= 15 is 0 Å². The second kappa shape index (κ2) is 8.16. The molecule has 2 aromatic carbocycles. The van der Waals surface area contributed by atoms with Gasteiger partial charge in [0, 0.05) is 12.7 Å². The van der Waals surface area contributed by atoms with Gasteiger partial charge in [0.2, 0.25) is 0 Å². The molecule has 0 bridgehead atoms. The molecular weight excluding hydrogens is 330 g/mol. The summed E-state index contributed by atoms with van der Waals surface area (Å²) in [7, 11) is 0. The normalized spacial score (nSPS) is 10.5. The van der Waals surface area contributed by atoms with Gasteiger partial charge in [-0.3, -0.25) is 4.79 Å². The number of pyridine rings is 1. The summed E-state index contributed by atoms with van der Waals surface area (Å²) in [4.78, 5) is 23.3. The Bertz CT molecular complexity index is 947. The number of hydrogen-bond donors (Lipinski definition) is 1. The minimum absolute atomic E-state index is 0.221. The molecule has 0 aliphatic rings. The minimum Gasteiger partial charge on any atom is -0.489 e. The summed E-state index contributed by atoms with van der Waals surface area (Å²) in [5, 5.41) is 9.06. The largest absolute Gasteiger partial charge is 0.489 e. The number of carboxylic acid groups (broad SMARTS) is 1. The fourth-order valence-electron chi connectivity index (χ4n) is 2.70. The number of carboxylic acids is 1. The van der Waals surface area contributed by atoms with Crippen LogP contribution >= 0.6 is 0 Å². The quantitative estimate of drug-likeness (QED) is 0.710. The van der Waals surface area contributed by atoms with Crippen molar-refractivity contribution in [3.05, 3.63) is 100.0 Å². The second-order valence-corrected chi connectivity index (χ2v) is 5.86. The van der Waals surface area contributed by atoms with Gasteiger partial charge in [-0.1, -0.05) is 48.5 Å². The number of carbonyl (C=O) groups is 1. The zero-order valence-electron chi connectivity index (χ0n) is 14.2. The third kappa shape index (κ3) is 4.19. The maximum absolute atomic E-state index is 12.2. The number of hydrogen-bond acceptors (Lipinski definition) is 3. The number of rotatable bonds is 7. The van der Waals surface area contributed by atoms with Crippen molar-refractivity contribution in [1.29, 1.82) is 0 Å². The van der Waals surface area contributed by atoms with Crippen LogP contribution in [-0.4, -0.2) is 15.6 Å². The van der Waals surface area contributed by atoms with Crippen molar-refractivity contribution < 1.29 is 14.6 Å². The van der Waals surface area contributed by atoms with Crippen LogP contribution in [0.2, 0.25) is 0 Å². The fourth-order valence-corrected chi connectivity index (χ4v) is 2.70. The van der Waals surface area contributed by atoms with Crippen LogP contribution < -0.4 is 10.3 Å². The van der Waals surface area contributed by atoms with Gasteiger partial charge < -0.3 is 14.4 Å². The van der Waals surface area contributed by atoms with E-state index in [9.17, 15) is 9.59 Å².